The molecule has 0 saturated carbocycles. The summed E-state index contributed by atoms with van der Waals surface area (Å²) >= 11 is 0. The van der Waals surface area contributed by atoms with Gasteiger partial charge in [-0.2, -0.15) is 0 Å². The smallest absolute Gasteiger partial charge is 0.306 e. The molecule has 11 heteroatoms. The fourth-order valence-electron chi connectivity index (χ4n) is 6.65. The van der Waals surface area contributed by atoms with Crippen molar-refractivity contribution in [2.45, 2.75) is 37.8 Å². The van der Waals surface area contributed by atoms with Gasteiger partial charge in [-0.25, -0.2) is 0 Å². The highest BCUT2D eigenvalue weighted by Gasteiger charge is 2.35. The zero-order chi connectivity index (χ0) is 30.4. The maximum atomic E-state index is 13.6. The van der Waals surface area contributed by atoms with E-state index in [1.807, 2.05) is 10.6 Å². The molecule has 2 aliphatic heterocycles. The van der Waals surface area contributed by atoms with E-state index < -0.39 is 28.6 Å². The van der Waals surface area contributed by atoms with Crippen LogP contribution in [0, 0.1) is 5.92 Å². The van der Waals surface area contributed by atoms with E-state index in [2.05, 4.69) is 4.90 Å². The van der Waals surface area contributed by atoms with Crippen molar-refractivity contribution in [2.75, 3.05) is 27.3 Å². The lowest BCUT2D eigenvalue weighted by Crippen LogP contribution is -2.46. The summed E-state index contributed by atoms with van der Waals surface area (Å²) in [6, 6.07) is 13.5. The van der Waals surface area contributed by atoms with Crippen molar-refractivity contribution in [3.05, 3.63) is 102 Å². The second-order valence-electron chi connectivity index (χ2n) is 11.4. The number of hydrogen-bond acceptors (Lipinski definition) is 9. The molecule has 0 radical (unpaired) electrons. The summed E-state index contributed by atoms with van der Waals surface area (Å²) in [7, 11) is 4.37. The van der Waals surface area contributed by atoms with Crippen molar-refractivity contribution in [1.29, 1.82) is 0 Å². The van der Waals surface area contributed by atoms with Gasteiger partial charge in [0.05, 0.1) is 38.6 Å². The Morgan fingerprint density at radius 2 is 1.88 bits per heavy atom. The molecule has 3 aromatic heterocycles. The first-order chi connectivity index (χ1) is 20.7. The summed E-state index contributed by atoms with van der Waals surface area (Å²) in [6.07, 6.45) is 0.649. The molecule has 0 amide bonds. The van der Waals surface area contributed by atoms with E-state index in [9.17, 15) is 24.3 Å². The Labute approximate surface area is 246 Å². The first kappa shape index (κ1) is 28.5. The molecule has 1 fully saturated rings. The van der Waals surface area contributed by atoms with E-state index in [0.717, 1.165) is 12.1 Å². The van der Waals surface area contributed by atoms with Crippen LogP contribution in [0.2, 0.25) is 0 Å². The van der Waals surface area contributed by atoms with Gasteiger partial charge in [0.15, 0.2) is 5.76 Å². The summed E-state index contributed by atoms with van der Waals surface area (Å²) in [5.41, 5.74) is 0.719. The molecule has 0 aliphatic carbocycles. The van der Waals surface area contributed by atoms with E-state index in [0.29, 0.717) is 42.0 Å². The van der Waals surface area contributed by atoms with E-state index in [-0.39, 0.29) is 41.7 Å². The molecule has 5 heterocycles. The van der Waals surface area contributed by atoms with Gasteiger partial charge in [0.1, 0.15) is 11.5 Å². The van der Waals surface area contributed by atoms with Crippen molar-refractivity contribution < 1.29 is 23.8 Å². The van der Waals surface area contributed by atoms with Gasteiger partial charge >= 0.3 is 5.97 Å². The number of carbonyl (C=O) groups is 1. The molecule has 2 bridgehead atoms. The molecular formula is C32H33N3O8. The van der Waals surface area contributed by atoms with Gasteiger partial charge in [-0.1, -0.05) is 6.07 Å². The van der Waals surface area contributed by atoms with Gasteiger partial charge in [-0.15, -0.1) is 0 Å². The average Bonchev–Trinajstić information content (AvgIpc) is 3.00. The fraction of sp³-hybridized carbons (Fsp3) is 0.375. The van der Waals surface area contributed by atoms with Crippen molar-refractivity contribution in [3.8, 4) is 11.5 Å². The van der Waals surface area contributed by atoms with Crippen LogP contribution in [-0.2, 0) is 29.7 Å². The van der Waals surface area contributed by atoms with Gasteiger partial charge in [-0.05, 0) is 42.0 Å². The van der Waals surface area contributed by atoms with Crippen molar-refractivity contribution in [2.24, 2.45) is 13.0 Å². The number of methoxy groups -OCH3 is 2. The predicted octanol–water partition coefficient (Wildman–Crippen LogP) is 2.68. The van der Waals surface area contributed by atoms with Crippen LogP contribution in [0.4, 0.5) is 0 Å². The highest BCUT2D eigenvalue weighted by molar-refractivity contribution is 5.82. The van der Waals surface area contributed by atoms with Crippen LogP contribution in [0.15, 0.2) is 67.3 Å². The fourth-order valence-corrected chi connectivity index (χ4v) is 6.65. The zero-order valence-electron chi connectivity index (χ0n) is 24.2. The summed E-state index contributed by atoms with van der Waals surface area (Å²) < 4.78 is 19.7. The Bertz CT molecular complexity index is 1910. The molecule has 6 rings (SSSR count). The maximum absolute atomic E-state index is 13.6. The van der Waals surface area contributed by atoms with E-state index in [1.165, 1.54) is 24.9 Å². The van der Waals surface area contributed by atoms with E-state index in [1.54, 1.807) is 43.4 Å². The van der Waals surface area contributed by atoms with Crippen molar-refractivity contribution >= 4 is 16.9 Å². The molecule has 2 aliphatic rings. The summed E-state index contributed by atoms with van der Waals surface area (Å²) in [5.74, 6) is -1.21. The van der Waals surface area contributed by atoms with Crippen LogP contribution < -0.4 is 21.3 Å². The molecule has 3 atom stereocenters. The number of aryl methyl sites for hydroxylation is 1. The number of carbonyl (C=O) groups excluding carboxylic acids is 1. The maximum Gasteiger partial charge on any atom is 0.306 e. The SMILES string of the molecule is COC(=O)CC(c1oc(CN2CC3CC(C2)c2cccc(=O)n2C3)cc(=O)c1O)c1cc2ccc(OC)cc2n(C)c1=O. The number of benzene rings is 1. The summed E-state index contributed by atoms with van der Waals surface area (Å²) in [5, 5.41) is 11.6. The zero-order valence-corrected chi connectivity index (χ0v) is 24.2. The molecule has 224 valence electrons. The van der Waals surface area contributed by atoms with Crippen LogP contribution in [0.5, 0.6) is 11.5 Å². The minimum atomic E-state index is -1.08. The molecular weight excluding hydrogens is 554 g/mol. The Hall–Kier alpha value is -4.64. The predicted molar refractivity (Wildman–Crippen MR) is 158 cm³/mol. The molecule has 0 spiro atoms. The topological polar surface area (TPSA) is 133 Å². The van der Waals surface area contributed by atoms with Gasteiger partial charge < -0.3 is 28.1 Å². The second kappa shape index (κ2) is 11.2. The Morgan fingerprint density at radius 1 is 1.07 bits per heavy atom. The first-order valence-corrected chi connectivity index (χ1v) is 14.2. The van der Waals surface area contributed by atoms with Gasteiger partial charge in [0, 0.05) is 62.1 Å². The lowest BCUT2D eigenvalue weighted by Gasteiger charge is -2.42. The number of fused-ring (bicyclic) bond motifs is 5. The number of pyridine rings is 2. The molecule has 1 N–H and O–H groups in total. The number of esters is 1. The number of nitrogens with zero attached hydrogens (tertiary/aromatic N) is 3. The van der Waals surface area contributed by atoms with Crippen LogP contribution in [0.25, 0.3) is 10.9 Å². The molecule has 11 nitrogen and oxygen atoms in total. The third kappa shape index (κ3) is 5.25. The normalized spacial score (nSPS) is 18.7. The first-order valence-electron chi connectivity index (χ1n) is 14.2. The Balaban J connectivity index is 1.38. The number of aromatic nitrogens is 2. The Morgan fingerprint density at radius 3 is 2.65 bits per heavy atom. The molecule has 1 saturated heterocycles. The van der Waals surface area contributed by atoms with Crippen LogP contribution >= 0.6 is 0 Å². The second-order valence-corrected chi connectivity index (χ2v) is 11.4. The lowest BCUT2D eigenvalue weighted by molar-refractivity contribution is -0.140. The molecule has 1 aromatic carbocycles. The average molecular weight is 588 g/mol. The monoisotopic (exact) mass is 587 g/mol. The van der Waals surface area contributed by atoms with Gasteiger partial charge in [-0.3, -0.25) is 24.1 Å². The van der Waals surface area contributed by atoms with Crippen LogP contribution in [0.1, 0.15) is 47.5 Å². The number of likely N-dealkylation sites (tertiary alicyclic amines) is 1. The van der Waals surface area contributed by atoms with Gasteiger partial charge in [0.25, 0.3) is 11.1 Å². The number of hydrogen-bond donors (Lipinski definition) is 1. The molecule has 43 heavy (non-hydrogen) atoms. The minimum Gasteiger partial charge on any atom is -0.502 e. The summed E-state index contributed by atoms with van der Waals surface area (Å²) in [4.78, 5) is 53.8. The van der Waals surface area contributed by atoms with E-state index in [4.69, 9.17) is 13.9 Å². The third-order valence-corrected chi connectivity index (χ3v) is 8.69. The standard InChI is InChI=1S/C32H33N3O8/c1-33-26-11-21(41-2)8-7-19(26)10-24(32(33)40)23(13-29(38)42-3)31-30(39)27(36)12-22(43-31)17-34-14-18-9-20(16-34)25-5-4-6-28(37)35(25)15-18/h4-8,10-12,18,20,23,39H,9,13-17H2,1-3H3. The summed E-state index contributed by atoms with van der Waals surface area (Å²) in [6.45, 7) is 2.29. The minimum absolute atomic E-state index is 0.00504. The number of piperidine rings is 1. The molecule has 3 unspecified atom stereocenters. The number of ether oxygens (including phenoxy) is 2. The van der Waals surface area contributed by atoms with Gasteiger partial charge in [0.2, 0.25) is 11.2 Å². The van der Waals surface area contributed by atoms with Crippen molar-refractivity contribution in [1.82, 2.24) is 14.0 Å². The largest absolute Gasteiger partial charge is 0.502 e. The lowest BCUT2D eigenvalue weighted by atomic mass is 9.83. The third-order valence-electron chi connectivity index (χ3n) is 8.69. The van der Waals surface area contributed by atoms with Crippen molar-refractivity contribution in [3.63, 3.8) is 0 Å². The highest BCUT2D eigenvalue weighted by Crippen LogP contribution is 2.37. The quantitative estimate of drug-likeness (QED) is 0.324. The van der Waals surface area contributed by atoms with Crippen LogP contribution in [-0.4, -0.2) is 52.4 Å². The highest BCUT2D eigenvalue weighted by atomic mass is 16.5. The number of rotatable bonds is 7. The van der Waals surface area contributed by atoms with E-state index >= 15 is 0 Å². The Kier molecular flexibility index (Phi) is 7.43. The molecule has 4 aromatic rings. The number of aromatic hydroxyl groups is 1. The van der Waals surface area contributed by atoms with Crippen LogP contribution in [0.3, 0.4) is 0 Å².